The summed E-state index contributed by atoms with van der Waals surface area (Å²) in [5.41, 5.74) is 0.983. The van der Waals surface area contributed by atoms with Crippen molar-refractivity contribution in [1.82, 2.24) is 5.32 Å². The second-order valence-electron chi connectivity index (χ2n) is 3.60. The number of amides is 1. The van der Waals surface area contributed by atoms with Crippen LogP contribution in [0.5, 0.6) is 0 Å². The number of Topliss-reactive ketones (excluding diaryl/α,β-unsaturated/α-hetero) is 1. The first-order valence-electron chi connectivity index (χ1n) is 5.26. The molecule has 0 spiro atoms. The van der Waals surface area contributed by atoms with Crippen LogP contribution in [-0.4, -0.2) is 18.2 Å². The van der Waals surface area contributed by atoms with E-state index in [2.05, 4.69) is 5.32 Å². The Hall–Kier alpha value is -1.65. The smallest absolute Gasteiger partial charge is 0.253 e. The van der Waals surface area contributed by atoms with Gasteiger partial charge in [0, 0.05) is 10.9 Å². The van der Waals surface area contributed by atoms with Gasteiger partial charge in [0.15, 0.2) is 5.78 Å². The van der Waals surface area contributed by atoms with Gasteiger partial charge in [0.1, 0.15) is 0 Å². The number of benzene rings is 1. The molecule has 2 rings (SSSR count). The highest BCUT2D eigenvalue weighted by molar-refractivity contribution is 7.08. The van der Waals surface area contributed by atoms with Gasteiger partial charge in [-0.05, 0) is 23.6 Å². The minimum absolute atomic E-state index is 0.0270. The summed E-state index contributed by atoms with van der Waals surface area (Å²) in [6.45, 7) is -0.0270. The zero-order valence-corrected chi connectivity index (χ0v) is 10.9. The molecule has 0 bridgehead atoms. The molecule has 0 aliphatic carbocycles. The minimum Gasteiger partial charge on any atom is -0.345 e. The van der Waals surface area contributed by atoms with Crippen LogP contribution in [0.2, 0.25) is 5.02 Å². The van der Waals surface area contributed by atoms with Crippen molar-refractivity contribution < 1.29 is 9.59 Å². The van der Waals surface area contributed by atoms with E-state index in [4.69, 9.17) is 11.6 Å². The van der Waals surface area contributed by atoms with Crippen molar-refractivity contribution in [2.75, 3.05) is 6.54 Å². The Balaban J connectivity index is 1.97. The summed E-state index contributed by atoms with van der Waals surface area (Å²) in [5.74, 6) is -0.458. The topological polar surface area (TPSA) is 46.2 Å². The van der Waals surface area contributed by atoms with Crippen LogP contribution < -0.4 is 5.32 Å². The van der Waals surface area contributed by atoms with Gasteiger partial charge in [-0.3, -0.25) is 9.59 Å². The molecule has 0 aliphatic rings. The van der Waals surface area contributed by atoms with E-state index >= 15 is 0 Å². The van der Waals surface area contributed by atoms with Crippen LogP contribution in [-0.2, 0) is 0 Å². The number of hydrogen-bond donors (Lipinski definition) is 1. The highest BCUT2D eigenvalue weighted by Crippen LogP contribution is 2.14. The number of hydrogen-bond acceptors (Lipinski definition) is 3. The average Bonchev–Trinajstić information content (AvgIpc) is 2.90. The second-order valence-corrected chi connectivity index (χ2v) is 4.78. The number of ketones is 1. The van der Waals surface area contributed by atoms with Crippen LogP contribution in [0, 0.1) is 0 Å². The number of rotatable bonds is 4. The van der Waals surface area contributed by atoms with Crippen molar-refractivity contribution in [2.45, 2.75) is 0 Å². The van der Waals surface area contributed by atoms with Crippen LogP contribution in [0.4, 0.5) is 0 Å². The fourth-order valence-electron chi connectivity index (χ4n) is 1.43. The molecule has 5 heteroatoms. The van der Waals surface area contributed by atoms with Crippen LogP contribution in [0.3, 0.4) is 0 Å². The van der Waals surface area contributed by atoms with Gasteiger partial charge in [0.2, 0.25) is 0 Å². The van der Waals surface area contributed by atoms with E-state index in [0.29, 0.717) is 16.1 Å². The van der Waals surface area contributed by atoms with E-state index in [-0.39, 0.29) is 18.2 Å². The first-order chi connectivity index (χ1) is 8.68. The SMILES string of the molecule is O=C(CNC(=O)c1ccccc1Cl)c1ccsc1. The molecule has 92 valence electrons. The molecular formula is C13H10ClNO2S. The summed E-state index contributed by atoms with van der Waals surface area (Å²) in [7, 11) is 0. The third-order valence-electron chi connectivity index (χ3n) is 2.37. The van der Waals surface area contributed by atoms with Gasteiger partial charge < -0.3 is 5.32 Å². The molecule has 1 heterocycles. The summed E-state index contributed by atoms with van der Waals surface area (Å²) in [6, 6.07) is 8.45. The van der Waals surface area contributed by atoms with E-state index in [0.717, 1.165) is 0 Å². The summed E-state index contributed by atoms with van der Waals surface area (Å²) >= 11 is 7.34. The fraction of sp³-hybridized carbons (Fsp3) is 0.0769. The lowest BCUT2D eigenvalue weighted by Gasteiger charge is -2.05. The molecule has 18 heavy (non-hydrogen) atoms. The van der Waals surface area contributed by atoms with Gasteiger partial charge in [-0.15, -0.1) is 0 Å². The Morgan fingerprint density at radius 1 is 1.22 bits per heavy atom. The van der Waals surface area contributed by atoms with Crippen LogP contribution >= 0.6 is 22.9 Å². The van der Waals surface area contributed by atoms with Crippen LogP contribution in [0.25, 0.3) is 0 Å². The molecule has 0 fully saturated rings. The molecule has 0 aliphatic heterocycles. The van der Waals surface area contributed by atoms with Crippen molar-refractivity contribution in [3.05, 3.63) is 57.2 Å². The summed E-state index contributed by atoms with van der Waals surface area (Å²) in [5, 5.41) is 6.51. The monoisotopic (exact) mass is 279 g/mol. The van der Waals surface area contributed by atoms with Gasteiger partial charge in [-0.1, -0.05) is 23.7 Å². The molecule has 1 aromatic carbocycles. The number of halogens is 1. The van der Waals surface area contributed by atoms with Crippen molar-refractivity contribution in [1.29, 1.82) is 0 Å². The zero-order chi connectivity index (χ0) is 13.0. The maximum Gasteiger partial charge on any atom is 0.253 e. The maximum absolute atomic E-state index is 11.8. The summed E-state index contributed by atoms with van der Waals surface area (Å²) in [6.07, 6.45) is 0. The quantitative estimate of drug-likeness (QED) is 0.875. The molecule has 1 N–H and O–H groups in total. The Kier molecular flexibility index (Phi) is 4.12. The molecular weight excluding hydrogens is 270 g/mol. The molecule has 0 radical (unpaired) electrons. The predicted octanol–water partition coefficient (Wildman–Crippen LogP) is 3.01. The standard InChI is InChI=1S/C13H10ClNO2S/c14-11-4-2-1-3-10(11)13(17)15-7-12(16)9-5-6-18-8-9/h1-6,8H,7H2,(H,15,17). The van der Waals surface area contributed by atoms with Crippen molar-refractivity contribution in [3.63, 3.8) is 0 Å². The molecule has 1 aromatic heterocycles. The first-order valence-corrected chi connectivity index (χ1v) is 6.58. The molecule has 1 amide bonds. The van der Waals surface area contributed by atoms with Crippen LogP contribution in [0.15, 0.2) is 41.1 Å². The normalized spacial score (nSPS) is 10.1. The Bertz CT molecular complexity index is 566. The predicted molar refractivity (Wildman–Crippen MR) is 72.4 cm³/mol. The second kappa shape index (κ2) is 5.80. The van der Waals surface area contributed by atoms with Crippen LogP contribution in [0.1, 0.15) is 20.7 Å². The minimum atomic E-state index is -0.343. The third kappa shape index (κ3) is 2.97. The lowest BCUT2D eigenvalue weighted by Crippen LogP contribution is -2.29. The highest BCUT2D eigenvalue weighted by atomic mass is 35.5. The van der Waals surface area contributed by atoms with Crippen molar-refractivity contribution in [3.8, 4) is 0 Å². The average molecular weight is 280 g/mol. The number of carbonyl (C=O) groups excluding carboxylic acids is 2. The highest BCUT2D eigenvalue weighted by Gasteiger charge is 2.12. The maximum atomic E-state index is 11.8. The van der Waals surface area contributed by atoms with Gasteiger partial charge in [-0.2, -0.15) is 11.3 Å². The Labute approximate surface area is 113 Å². The van der Waals surface area contributed by atoms with Gasteiger partial charge in [-0.25, -0.2) is 0 Å². The molecule has 0 saturated carbocycles. The largest absolute Gasteiger partial charge is 0.345 e. The van der Waals surface area contributed by atoms with Gasteiger partial charge in [0.05, 0.1) is 17.1 Å². The lowest BCUT2D eigenvalue weighted by atomic mass is 10.2. The molecule has 2 aromatic rings. The number of nitrogens with one attached hydrogen (secondary N) is 1. The van der Waals surface area contributed by atoms with Crippen molar-refractivity contribution >= 4 is 34.6 Å². The number of thiophene rings is 1. The lowest BCUT2D eigenvalue weighted by molar-refractivity contribution is 0.0904. The van der Waals surface area contributed by atoms with E-state index in [1.165, 1.54) is 11.3 Å². The zero-order valence-electron chi connectivity index (χ0n) is 9.35. The Morgan fingerprint density at radius 2 is 2.00 bits per heavy atom. The third-order valence-corrected chi connectivity index (χ3v) is 3.38. The van der Waals surface area contributed by atoms with E-state index in [1.54, 1.807) is 35.7 Å². The molecule has 0 atom stereocenters. The van der Waals surface area contributed by atoms with Gasteiger partial charge >= 0.3 is 0 Å². The van der Waals surface area contributed by atoms with E-state index < -0.39 is 0 Å². The molecule has 0 saturated heterocycles. The summed E-state index contributed by atoms with van der Waals surface area (Å²) in [4.78, 5) is 23.5. The fourth-order valence-corrected chi connectivity index (χ4v) is 2.31. The van der Waals surface area contributed by atoms with Crippen molar-refractivity contribution in [2.24, 2.45) is 0 Å². The summed E-state index contributed by atoms with van der Waals surface area (Å²) < 4.78 is 0. The molecule has 3 nitrogen and oxygen atoms in total. The Morgan fingerprint density at radius 3 is 2.67 bits per heavy atom. The van der Waals surface area contributed by atoms with E-state index in [1.807, 2.05) is 5.38 Å². The van der Waals surface area contributed by atoms with E-state index in [9.17, 15) is 9.59 Å². The van der Waals surface area contributed by atoms with Gasteiger partial charge in [0.25, 0.3) is 5.91 Å². The molecule has 0 unspecified atom stereocenters. The number of carbonyl (C=O) groups is 2. The first kappa shape index (κ1) is 12.8.